The fourth-order valence-corrected chi connectivity index (χ4v) is 4.71. The van der Waals surface area contributed by atoms with E-state index in [2.05, 4.69) is 17.0 Å². The highest BCUT2D eigenvalue weighted by atomic mass is 16.5. The van der Waals surface area contributed by atoms with Crippen LogP contribution in [0, 0.1) is 0 Å². The summed E-state index contributed by atoms with van der Waals surface area (Å²) >= 11 is 0. The molecule has 1 atom stereocenters. The lowest BCUT2D eigenvalue weighted by molar-refractivity contribution is -0.0621. The van der Waals surface area contributed by atoms with Gasteiger partial charge >= 0.3 is 0 Å². The average molecular weight is 426 g/mol. The Balaban J connectivity index is 1.26. The standard InChI is InChI=1S/C26H35NO4/c28-25(14-5-2-6-15-25)20-30-24-12-10-22(11-13-24)18-27-17-7-16-26(29,19-27)21-31-23-8-3-1-4-9-23/h1,3-4,8-13,28-29H,2,5-7,14-21H2/t26-/m0/s1. The summed E-state index contributed by atoms with van der Waals surface area (Å²) < 4.78 is 11.7. The highest BCUT2D eigenvalue weighted by Gasteiger charge is 2.34. The lowest BCUT2D eigenvalue weighted by Crippen LogP contribution is -2.51. The van der Waals surface area contributed by atoms with Crippen LogP contribution in [0.25, 0.3) is 0 Å². The van der Waals surface area contributed by atoms with E-state index < -0.39 is 11.2 Å². The van der Waals surface area contributed by atoms with Gasteiger partial charge in [-0.1, -0.05) is 49.6 Å². The van der Waals surface area contributed by atoms with Crippen molar-refractivity contribution in [1.29, 1.82) is 0 Å². The number of aliphatic hydroxyl groups is 2. The molecule has 4 rings (SSSR count). The zero-order valence-corrected chi connectivity index (χ0v) is 18.3. The van der Waals surface area contributed by atoms with Crippen LogP contribution in [0.3, 0.4) is 0 Å². The molecule has 0 aromatic heterocycles. The maximum Gasteiger partial charge on any atom is 0.119 e. The quantitative estimate of drug-likeness (QED) is 0.665. The molecule has 1 aliphatic carbocycles. The smallest absolute Gasteiger partial charge is 0.119 e. The second-order valence-electron chi connectivity index (χ2n) is 9.36. The predicted octanol–water partition coefficient (Wildman–Crippen LogP) is 4.17. The summed E-state index contributed by atoms with van der Waals surface area (Å²) in [7, 11) is 0. The second-order valence-corrected chi connectivity index (χ2v) is 9.36. The summed E-state index contributed by atoms with van der Waals surface area (Å²) in [6, 6.07) is 17.8. The van der Waals surface area contributed by atoms with Crippen molar-refractivity contribution in [2.75, 3.05) is 26.3 Å². The first-order chi connectivity index (χ1) is 15.0. The van der Waals surface area contributed by atoms with Crippen LogP contribution in [0.15, 0.2) is 54.6 Å². The molecule has 1 aliphatic heterocycles. The summed E-state index contributed by atoms with van der Waals surface area (Å²) in [4.78, 5) is 2.29. The predicted molar refractivity (Wildman–Crippen MR) is 121 cm³/mol. The minimum atomic E-state index is -0.827. The number of hydrogen-bond acceptors (Lipinski definition) is 5. The van der Waals surface area contributed by atoms with Crippen LogP contribution in [-0.4, -0.2) is 52.6 Å². The molecule has 5 heteroatoms. The summed E-state index contributed by atoms with van der Waals surface area (Å²) in [5, 5.41) is 21.6. The maximum absolute atomic E-state index is 11.0. The number of hydrogen-bond donors (Lipinski definition) is 2. The molecule has 1 saturated carbocycles. The van der Waals surface area contributed by atoms with Crippen molar-refractivity contribution >= 4 is 0 Å². The summed E-state index contributed by atoms with van der Waals surface area (Å²) in [5.74, 6) is 1.59. The number of likely N-dealkylation sites (tertiary alicyclic amines) is 1. The van der Waals surface area contributed by atoms with Crippen LogP contribution in [0.4, 0.5) is 0 Å². The van der Waals surface area contributed by atoms with E-state index in [1.54, 1.807) is 0 Å². The van der Waals surface area contributed by atoms with Gasteiger partial charge in [0.15, 0.2) is 0 Å². The molecule has 0 amide bonds. The Labute approximate surface area is 185 Å². The van der Waals surface area contributed by atoms with Gasteiger partial charge in [0.2, 0.25) is 0 Å². The third kappa shape index (κ3) is 6.45. The van der Waals surface area contributed by atoms with Gasteiger partial charge in [-0.15, -0.1) is 0 Å². The minimum Gasteiger partial charge on any atom is -0.491 e. The largest absolute Gasteiger partial charge is 0.491 e. The van der Waals surface area contributed by atoms with Gasteiger partial charge in [0.05, 0.1) is 5.60 Å². The molecule has 2 aromatic carbocycles. The van der Waals surface area contributed by atoms with Gasteiger partial charge in [-0.2, -0.15) is 0 Å². The van der Waals surface area contributed by atoms with Gasteiger partial charge in [-0.3, -0.25) is 4.90 Å². The fraction of sp³-hybridized carbons (Fsp3) is 0.538. The van der Waals surface area contributed by atoms with E-state index in [1.807, 2.05) is 42.5 Å². The third-order valence-corrected chi connectivity index (χ3v) is 6.51. The van der Waals surface area contributed by atoms with Crippen LogP contribution in [-0.2, 0) is 6.54 Å². The molecule has 2 fully saturated rings. The Morgan fingerprint density at radius 3 is 2.03 bits per heavy atom. The van der Waals surface area contributed by atoms with Gasteiger partial charge in [0.1, 0.15) is 30.3 Å². The molecule has 0 unspecified atom stereocenters. The van der Waals surface area contributed by atoms with Crippen molar-refractivity contribution in [3.8, 4) is 11.5 Å². The van der Waals surface area contributed by atoms with Gasteiger partial charge in [-0.25, -0.2) is 0 Å². The molecule has 168 valence electrons. The SMILES string of the molecule is OC1(COc2ccc(CN3CCC[C@@](O)(COc4ccccc4)C3)cc2)CCCCC1. The van der Waals surface area contributed by atoms with Crippen molar-refractivity contribution in [3.63, 3.8) is 0 Å². The van der Waals surface area contributed by atoms with E-state index >= 15 is 0 Å². The zero-order chi connectivity index (χ0) is 21.6. The number of piperidine rings is 1. The molecule has 1 heterocycles. The lowest BCUT2D eigenvalue weighted by atomic mass is 9.85. The normalized spacial score (nSPS) is 23.9. The van der Waals surface area contributed by atoms with Crippen LogP contribution in [0.1, 0.15) is 50.5 Å². The van der Waals surface area contributed by atoms with Crippen molar-refractivity contribution in [3.05, 3.63) is 60.2 Å². The lowest BCUT2D eigenvalue weighted by Gasteiger charge is -2.39. The van der Waals surface area contributed by atoms with E-state index in [4.69, 9.17) is 9.47 Å². The second kappa shape index (κ2) is 10.0. The highest BCUT2D eigenvalue weighted by Crippen LogP contribution is 2.29. The first-order valence-electron chi connectivity index (χ1n) is 11.6. The first kappa shape index (κ1) is 22.1. The summed E-state index contributed by atoms with van der Waals surface area (Å²) in [5.41, 5.74) is -0.305. The Bertz CT molecular complexity index is 804. The average Bonchev–Trinajstić information content (AvgIpc) is 2.79. The Morgan fingerprint density at radius 1 is 0.710 bits per heavy atom. The van der Waals surface area contributed by atoms with Gasteiger partial charge in [0.25, 0.3) is 0 Å². The summed E-state index contributed by atoms with van der Waals surface area (Å²) in [6.45, 7) is 3.04. The number of para-hydroxylation sites is 1. The Kier molecular flexibility index (Phi) is 7.16. The van der Waals surface area contributed by atoms with Crippen LogP contribution < -0.4 is 9.47 Å². The maximum atomic E-state index is 11.0. The number of β-amino-alcohol motifs (C(OH)–C–C–N with tert-alkyl or cyclic N) is 1. The van der Waals surface area contributed by atoms with Crippen molar-refractivity contribution in [2.24, 2.45) is 0 Å². The van der Waals surface area contributed by atoms with E-state index in [0.717, 1.165) is 63.1 Å². The molecule has 31 heavy (non-hydrogen) atoms. The first-order valence-corrected chi connectivity index (χ1v) is 11.6. The van der Waals surface area contributed by atoms with E-state index in [-0.39, 0.29) is 0 Å². The Hall–Kier alpha value is -2.08. The molecule has 1 saturated heterocycles. The molecule has 2 N–H and O–H groups in total. The van der Waals surface area contributed by atoms with Crippen molar-refractivity contribution in [1.82, 2.24) is 4.90 Å². The van der Waals surface area contributed by atoms with E-state index in [0.29, 0.717) is 19.8 Å². The van der Waals surface area contributed by atoms with E-state index in [9.17, 15) is 10.2 Å². The topological polar surface area (TPSA) is 62.2 Å². The van der Waals surface area contributed by atoms with Gasteiger partial charge < -0.3 is 19.7 Å². The number of benzene rings is 2. The van der Waals surface area contributed by atoms with E-state index in [1.165, 1.54) is 12.0 Å². The molecule has 5 nitrogen and oxygen atoms in total. The van der Waals surface area contributed by atoms with Crippen LogP contribution in [0.5, 0.6) is 11.5 Å². The fourth-order valence-electron chi connectivity index (χ4n) is 4.71. The Morgan fingerprint density at radius 2 is 1.32 bits per heavy atom. The number of rotatable bonds is 8. The molecule has 0 radical (unpaired) electrons. The highest BCUT2D eigenvalue weighted by molar-refractivity contribution is 5.27. The molecule has 0 spiro atoms. The number of nitrogens with zero attached hydrogens (tertiary/aromatic N) is 1. The molecular weight excluding hydrogens is 390 g/mol. The van der Waals surface area contributed by atoms with Crippen LogP contribution in [0.2, 0.25) is 0 Å². The van der Waals surface area contributed by atoms with Crippen molar-refractivity contribution < 1.29 is 19.7 Å². The third-order valence-electron chi connectivity index (χ3n) is 6.51. The minimum absolute atomic E-state index is 0.309. The zero-order valence-electron chi connectivity index (χ0n) is 18.3. The molecular formula is C26H35NO4. The van der Waals surface area contributed by atoms with Crippen molar-refractivity contribution in [2.45, 2.75) is 62.7 Å². The number of ether oxygens (including phenoxy) is 2. The molecule has 0 bridgehead atoms. The van der Waals surface area contributed by atoms with Gasteiger partial charge in [0, 0.05) is 13.1 Å². The molecule has 2 aliphatic rings. The molecule has 2 aromatic rings. The summed E-state index contributed by atoms with van der Waals surface area (Å²) in [6.07, 6.45) is 6.74. The van der Waals surface area contributed by atoms with Crippen LogP contribution >= 0.6 is 0 Å². The van der Waals surface area contributed by atoms with Gasteiger partial charge in [-0.05, 0) is 62.1 Å². The monoisotopic (exact) mass is 425 g/mol.